The number of carbonyl (C=O) groups excluding carboxylic acids is 1. The van der Waals surface area contributed by atoms with E-state index in [0.717, 1.165) is 21.6 Å². The van der Waals surface area contributed by atoms with Crippen LogP contribution < -0.4 is 19.9 Å². The third-order valence-electron chi connectivity index (χ3n) is 4.98. The minimum atomic E-state index is -0.413. The number of pyridine rings is 1. The Balaban J connectivity index is 0.00000324. The van der Waals surface area contributed by atoms with E-state index in [1.165, 1.54) is 17.5 Å². The van der Waals surface area contributed by atoms with Crippen LogP contribution in [0.4, 0.5) is 5.82 Å². The van der Waals surface area contributed by atoms with Gasteiger partial charge in [0.25, 0.3) is 0 Å². The first kappa shape index (κ1) is 24.9. The van der Waals surface area contributed by atoms with Gasteiger partial charge in [0.2, 0.25) is 0 Å². The number of para-hydroxylation sites is 1. The average Bonchev–Trinajstić information content (AvgIpc) is 3.27. The summed E-state index contributed by atoms with van der Waals surface area (Å²) in [5, 5.41) is 2.64. The zero-order valence-electron chi connectivity index (χ0n) is 18.4. The molecule has 0 bridgehead atoms. The predicted molar refractivity (Wildman–Crippen MR) is 135 cm³/mol. The lowest BCUT2D eigenvalue weighted by molar-refractivity contribution is 0.0528. The molecule has 4 rings (SSSR count). The number of anilines is 1. The van der Waals surface area contributed by atoms with E-state index < -0.39 is 5.97 Å². The summed E-state index contributed by atoms with van der Waals surface area (Å²) in [4.78, 5) is 16.4. The highest BCUT2D eigenvalue weighted by Crippen LogP contribution is 2.34. The quantitative estimate of drug-likeness (QED) is 0.300. The van der Waals surface area contributed by atoms with Gasteiger partial charge in [-0.15, -0.1) is 11.3 Å². The fraction of sp³-hybridized carbons (Fsp3) is 0.231. The predicted octanol–water partition coefficient (Wildman–Crippen LogP) is 5.86. The fourth-order valence-electron chi connectivity index (χ4n) is 3.39. The first-order chi connectivity index (χ1) is 16.1. The van der Waals surface area contributed by atoms with E-state index >= 15 is 0 Å². The van der Waals surface area contributed by atoms with Gasteiger partial charge >= 0.3 is 5.97 Å². The molecular formula is C26H28N2O5S. The van der Waals surface area contributed by atoms with Gasteiger partial charge in [0.1, 0.15) is 36.3 Å². The van der Waals surface area contributed by atoms with Crippen molar-refractivity contribution >= 4 is 33.2 Å². The van der Waals surface area contributed by atoms with Gasteiger partial charge in [-0.2, -0.15) is 0 Å². The summed E-state index contributed by atoms with van der Waals surface area (Å²) in [7, 11) is 1.64. The van der Waals surface area contributed by atoms with Crippen molar-refractivity contribution in [2.24, 2.45) is 0 Å². The van der Waals surface area contributed by atoms with E-state index in [1.54, 1.807) is 14.0 Å². The number of hydrogen-bond acceptors (Lipinski definition) is 8. The van der Waals surface area contributed by atoms with Gasteiger partial charge < -0.3 is 24.7 Å². The molecule has 2 N–H and O–H groups in total. The van der Waals surface area contributed by atoms with Crippen molar-refractivity contribution in [1.82, 2.24) is 4.98 Å². The first-order valence-corrected chi connectivity index (χ1v) is 11.3. The number of hydrogen-bond donors (Lipinski definition) is 1. The second kappa shape index (κ2) is 11.4. The summed E-state index contributed by atoms with van der Waals surface area (Å²) < 4.78 is 23.2. The summed E-state index contributed by atoms with van der Waals surface area (Å²) in [6, 6.07) is 15.2. The maximum absolute atomic E-state index is 12.3. The molecule has 34 heavy (non-hydrogen) atoms. The lowest BCUT2D eigenvalue weighted by atomic mass is 10.1. The van der Waals surface area contributed by atoms with Crippen molar-refractivity contribution in [2.45, 2.75) is 27.6 Å². The second-order valence-corrected chi connectivity index (χ2v) is 7.99. The summed E-state index contributed by atoms with van der Waals surface area (Å²) in [6.07, 6.45) is 1.46. The van der Waals surface area contributed by atoms with Crippen LogP contribution in [0.3, 0.4) is 0 Å². The molecule has 178 valence electrons. The van der Waals surface area contributed by atoms with Crippen molar-refractivity contribution in [1.29, 1.82) is 0 Å². The van der Waals surface area contributed by atoms with Crippen molar-refractivity contribution in [3.63, 3.8) is 0 Å². The van der Waals surface area contributed by atoms with Gasteiger partial charge in [-0.05, 0) is 30.5 Å². The number of esters is 1. The normalized spacial score (nSPS) is 10.4. The summed E-state index contributed by atoms with van der Waals surface area (Å²) in [5.41, 5.74) is 8.33. The summed E-state index contributed by atoms with van der Waals surface area (Å²) in [5.74, 6) is 2.05. The Morgan fingerprint density at radius 1 is 1.03 bits per heavy atom. The molecule has 2 aromatic heterocycles. The zero-order chi connectivity index (χ0) is 23.2. The number of carbonyl (C=O) groups is 1. The Morgan fingerprint density at radius 3 is 2.44 bits per heavy atom. The monoisotopic (exact) mass is 480 g/mol. The number of nitrogens with two attached hydrogens (primary N) is 1. The van der Waals surface area contributed by atoms with Crippen LogP contribution in [0.1, 0.15) is 35.8 Å². The minimum Gasteiger partial charge on any atom is -0.496 e. The van der Waals surface area contributed by atoms with E-state index in [9.17, 15) is 4.79 Å². The molecule has 0 atom stereocenters. The van der Waals surface area contributed by atoms with Crippen LogP contribution in [-0.2, 0) is 18.0 Å². The Kier molecular flexibility index (Phi) is 8.32. The van der Waals surface area contributed by atoms with Crippen molar-refractivity contribution in [3.8, 4) is 17.2 Å². The Labute approximate surface area is 203 Å². The van der Waals surface area contributed by atoms with Gasteiger partial charge in [-0.3, -0.25) is 0 Å². The van der Waals surface area contributed by atoms with Crippen LogP contribution >= 0.6 is 11.3 Å². The Morgan fingerprint density at radius 2 is 1.74 bits per heavy atom. The zero-order valence-corrected chi connectivity index (χ0v) is 19.2. The van der Waals surface area contributed by atoms with Crippen molar-refractivity contribution < 1.29 is 23.7 Å². The molecule has 0 radical (unpaired) electrons. The highest BCUT2D eigenvalue weighted by molar-refractivity contribution is 7.17. The molecule has 0 amide bonds. The van der Waals surface area contributed by atoms with Gasteiger partial charge in [0, 0.05) is 28.8 Å². The molecule has 7 nitrogen and oxygen atoms in total. The Hall–Kier alpha value is -3.78. The van der Waals surface area contributed by atoms with E-state index in [-0.39, 0.29) is 14.0 Å². The van der Waals surface area contributed by atoms with Crippen LogP contribution in [0.15, 0.2) is 60.1 Å². The van der Waals surface area contributed by atoms with Gasteiger partial charge in [0.15, 0.2) is 0 Å². The number of ether oxygens (including phenoxy) is 4. The van der Waals surface area contributed by atoms with Crippen molar-refractivity contribution in [3.05, 3.63) is 76.8 Å². The number of aromatic nitrogens is 1. The standard InChI is InChI=1S/C25H24N2O5S.CH4/c1-3-30-25(28)20-12-27-24(26)22-17(15-33-23(20)22)14-32-19-9-6-8-18(11-19)31-13-16-7-4-5-10-21(16)29-2;/h4-12,15H,3,13-14H2,1-2H3,(H2,26,27);1H4. The largest absolute Gasteiger partial charge is 0.496 e. The van der Waals surface area contributed by atoms with Crippen LogP contribution in [0.5, 0.6) is 17.2 Å². The Bertz CT molecular complexity index is 1270. The third kappa shape index (κ3) is 5.40. The van der Waals surface area contributed by atoms with Crippen LogP contribution in [-0.4, -0.2) is 24.7 Å². The number of nitrogens with zero attached hydrogens (tertiary/aromatic N) is 1. The molecule has 0 aliphatic heterocycles. The molecule has 0 fully saturated rings. The first-order valence-electron chi connectivity index (χ1n) is 10.4. The molecule has 2 heterocycles. The molecule has 0 saturated carbocycles. The molecule has 0 saturated heterocycles. The molecule has 0 aliphatic rings. The van der Waals surface area contributed by atoms with Gasteiger partial charge in [0.05, 0.1) is 24.0 Å². The number of benzene rings is 2. The summed E-state index contributed by atoms with van der Waals surface area (Å²) >= 11 is 1.42. The van der Waals surface area contributed by atoms with Crippen LogP contribution in [0.2, 0.25) is 0 Å². The van der Waals surface area contributed by atoms with Crippen LogP contribution in [0.25, 0.3) is 10.1 Å². The molecule has 8 heteroatoms. The highest BCUT2D eigenvalue weighted by Gasteiger charge is 2.18. The van der Waals surface area contributed by atoms with Crippen LogP contribution in [0, 0.1) is 0 Å². The number of fused-ring (bicyclic) bond motifs is 1. The topological polar surface area (TPSA) is 92.9 Å². The number of methoxy groups -OCH3 is 1. The maximum atomic E-state index is 12.3. The van der Waals surface area contributed by atoms with E-state index in [1.807, 2.05) is 53.9 Å². The summed E-state index contributed by atoms with van der Waals surface area (Å²) in [6.45, 7) is 2.71. The number of rotatable bonds is 9. The number of nitrogen functional groups attached to an aromatic ring is 1. The molecular weight excluding hydrogens is 452 g/mol. The van der Waals surface area contributed by atoms with Gasteiger partial charge in [-0.1, -0.05) is 31.7 Å². The van der Waals surface area contributed by atoms with Gasteiger partial charge in [-0.25, -0.2) is 9.78 Å². The smallest absolute Gasteiger partial charge is 0.341 e. The highest BCUT2D eigenvalue weighted by atomic mass is 32.1. The molecule has 0 spiro atoms. The van der Waals surface area contributed by atoms with E-state index in [0.29, 0.717) is 41.5 Å². The fourth-order valence-corrected chi connectivity index (χ4v) is 4.45. The van der Waals surface area contributed by atoms with E-state index in [4.69, 9.17) is 24.7 Å². The van der Waals surface area contributed by atoms with E-state index in [2.05, 4.69) is 4.98 Å². The minimum absolute atomic E-state index is 0. The lowest BCUT2D eigenvalue weighted by Crippen LogP contribution is -2.06. The third-order valence-corrected chi connectivity index (χ3v) is 6.04. The SMILES string of the molecule is C.CCOC(=O)c1cnc(N)c2c(COc3cccc(OCc4ccccc4OC)c3)csc12. The maximum Gasteiger partial charge on any atom is 0.341 e. The molecule has 0 aliphatic carbocycles. The number of thiophene rings is 1. The van der Waals surface area contributed by atoms with Crippen molar-refractivity contribution in [2.75, 3.05) is 19.5 Å². The second-order valence-electron chi connectivity index (χ2n) is 7.11. The average molecular weight is 481 g/mol. The molecule has 0 unspecified atom stereocenters. The molecule has 4 aromatic rings. The molecule has 2 aromatic carbocycles. The lowest BCUT2D eigenvalue weighted by Gasteiger charge is -2.12.